The lowest BCUT2D eigenvalue weighted by Gasteiger charge is -2.26. The van der Waals surface area contributed by atoms with E-state index in [-0.39, 0.29) is 12.8 Å². The van der Waals surface area contributed by atoms with Gasteiger partial charge in [0.15, 0.2) is 6.79 Å². The summed E-state index contributed by atoms with van der Waals surface area (Å²) in [5.41, 5.74) is 1.78. The molecule has 0 saturated heterocycles. The van der Waals surface area contributed by atoms with Gasteiger partial charge >= 0.3 is 8.80 Å². The van der Waals surface area contributed by atoms with E-state index in [1.807, 2.05) is 18.2 Å². The third-order valence-corrected chi connectivity index (χ3v) is 5.96. The van der Waals surface area contributed by atoms with Crippen molar-refractivity contribution >= 4 is 26.7 Å². The van der Waals surface area contributed by atoms with Gasteiger partial charge in [0, 0.05) is 26.3 Å². The Balaban J connectivity index is 2.18. The first-order valence-electron chi connectivity index (χ1n) is 7.71. The Hall–Kier alpha value is -2.39. The van der Waals surface area contributed by atoms with Crippen molar-refractivity contribution in [2.45, 2.75) is 39.8 Å². The Bertz CT molecular complexity index is 631. The molecule has 1 aliphatic rings. The van der Waals surface area contributed by atoms with E-state index in [0.29, 0.717) is 13.0 Å². The average molecular weight is 368 g/mol. The van der Waals surface area contributed by atoms with Gasteiger partial charge in [-0.2, -0.15) is 0 Å². The number of benzene rings is 1. The number of hydrogen-bond acceptors (Lipinski definition) is 8. The lowest BCUT2D eigenvalue weighted by atomic mass is 10.1. The van der Waals surface area contributed by atoms with E-state index in [4.69, 9.17) is 22.8 Å². The molecule has 1 aromatic carbocycles. The highest BCUT2D eigenvalue weighted by molar-refractivity contribution is 6.65. The zero-order valence-electron chi connectivity index (χ0n) is 14.3. The molecule has 0 radical (unpaired) electrons. The third-order valence-electron chi connectivity index (χ3n) is 3.30. The maximum Gasteiger partial charge on any atom is 0.705 e. The van der Waals surface area contributed by atoms with Gasteiger partial charge in [0.25, 0.3) is 17.9 Å². The van der Waals surface area contributed by atoms with Crippen molar-refractivity contribution < 1.29 is 37.1 Å². The first-order valence-corrected chi connectivity index (χ1v) is 9.64. The smallest absolute Gasteiger partial charge is 0.467 e. The topological polar surface area (TPSA) is 97.4 Å². The van der Waals surface area contributed by atoms with Gasteiger partial charge in [0.2, 0.25) is 0 Å². The molecule has 0 fully saturated rings. The van der Waals surface area contributed by atoms with Crippen molar-refractivity contribution in [3.8, 4) is 5.75 Å². The fourth-order valence-electron chi connectivity index (χ4n) is 2.47. The van der Waals surface area contributed by atoms with Crippen LogP contribution >= 0.6 is 0 Å². The molecular formula is C16H20O8Si. The van der Waals surface area contributed by atoms with E-state index in [1.165, 1.54) is 20.8 Å². The summed E-state index contributed by atoms with van der Waals surface area (Å²) in [5.74, 6) is -1.29. The second kappa shape index (κ2) is 8.12. The maximum atomic E-state index is 11.4. The van der Waals surface area contributed by atoms with Gasteiger partial charge in [-0.1, -0.05) is 6.07 Å². The van der Waals surface area contributed by atoms with E-state index in [1.54, 1.807) is 0 Å². The first kappa shape index (κ1) is 18.9. The average Bonchev–Trinajstić information content (AvgIpc) is 2.50. The van der Waals surface area contributed by atoms with Crippen molar-refractivity contribution in [2.24, 2.45) is 0 Å². The Morgan fingerprint density at radius 1 is 1.04 bits per heavy atom. The van der Waals surface area contributed by atoms with Crippen molar-refractivity contribution in [1.82, 2.24) is 0 Å². The summed E-state index contributed by atoms with van der Waals surface area (Å²) in [6.07, 6.45) is 0.382. The molecule has 25 heavy (non-hydrogen) atoms. The van der Waals surface area contributed by atoms with Crippen LogP contribution in [0.5, 0.6) is 5.75 Å². The summed E-state index contributed by atoms with van der Waals surface area (Å²) in [4.78, 5) is 34.3. The number of rotatable bonds is 6. The monoisotopic (exact) mass is 368 g/mol. The van der Waals surface area contributed by atoms with E-state index >= 15 is 0 Å². The molecule has 0 spiro atoms. The van der Waals surface area contributed by atoms with Crippen LogP contribution in [0.4, 0.5) is 0 Å². The fraction of sp³-hybridized carbons (Fsp3) is 0.438. The van der Waals surface area contributed by atoms with Gasteiger partial charge < -0.3 is 22.8 Å². The minimum atomic E-state index is -3.81. The van der Waals surface area contributed by atoms with Crippen LogP contribution in [0.3, 0.4) is 0 Å². The van der Waals surface area contributed by atoms with Crippen LogP contribution in [0.25, 0.3) is 0 Å². The highest BCUT2D eigenvalue weighted by Gasteiger charge is 2.51. The van der Waals surface area contributed by atoms with E-state index in [2.05, 4.69) is 0 Å². The minimum Gasteiger partial charge on any atom is -0.467 e. The molecule has 9 heteroatoms. The molecule has 0 N–H and O–H groups in total. The number of carbonyl (C=O) groups excluding carboxylic acids is 3. The second-order valence-electron chi connectivity index (χ2n) is 5.52. The number of fused-ring (bicyclic) bond motifs is 1. The highest BCUT2D eigenvalue weighted by atomic mass is 28.4. The van der Waals surface area contributed by atoms with Crippen LogP contribution in [-0.2, 0) is 45.4 Å². The van der Waals surface area contributed by atoms with Crippen LogP contribution in [0, 0.1) is 0 Å². The molecule has 0 bridgehead atoms. The predicted molar refractivity (Wildman–Crippen MR) is 86.3 cm³/mol. The van der Waals surface area contributed by atoms with Crippen LogP contribution in [0.15, 0.2) is 18.2 Å². The van der Waals surface area contributed by atoms with Crippen molar-refractivity contribution in [3.05, 3.63) is 29.3 Å². The Morgan fingerprint density at radius 3 is 2.20 bits per heavy atom. The molecule has 8 nitrogen and oxygen atoms in total. The fourth-order valence-corrected chi connectivity index (χ4v) is 4.81. The molecule has 0 saturated carbocycles. The quantitative estimate of drug-likeness (QED) is 0.700. The lowest BCUT2D eigenvalue weighted by molar-refractivity contribution is -0.147. The molecule has 1 heterocycles. The molecule has 0 unspecified atom stereocenters. The molecule has 1 aliphatic heterocycles. The standard InChI is InChI=1S/C16H20O8Si/c1-11(17)22-25(23-12(2)18,24-13(3)19)7-6-14-4-5-16-15(8-14)9-20-10-21-16/h4-5,8H,6-7,9-10H2,1-3H3. The minimum absolute atomic E-state index is 0.0895. The van der Waals surface area contributed by atoms with Gasteiger partial charge in [0.1, 0.15) is 5.75 Å². The van der Waals surface area contributed by atoms with Crippen LogP contribution in [0.2, 0.25) is 6.04 Å². The lowest BCUT2D eigenvalue weighted by Crippen LogP contribution is -2.49. The Kier molecular flexibility index (Phi) is 6.15. The zero-order chi connectivity index (χ0) is 18.4. The zero-order valence-corrected chi connectivity index (χ0v) is 15.3. The maximum absolute atomic E-state index is 11.4. The summed E-state index contributed by atoms with van der Waals surface area (Å²) in [6, 6.07) is 5.65. The van der Waals surface area contributed by atoms with Crippen LogP contribution < -0.4 is 4.74 Å². The third kappa shape index (κ3) is 5.57. The van der Waals surface area contributed by atoms with Crippen molar-refractivity contribution in [3.63, 3.8) is 0 Å². The van der Waals surface area contributed by atoms with Gasteiger partial charge in [0.05, 0.1) is 12.7 Å². The van der Waals surface area contributed by atoms with Crippen molar-refractivity contribution in [2.75, 3.05) is 6.79 Å². The van der Waals surface area contributed by atoms with Gasteiger partial charge in [-0.15, -0.1) is 0 Å². The van der Waals surface area contributed by atoms with E-state index in [9.17, 15) is 14.4 Å². The number of aryl methyl sites for hydroxylation is 1. The summed E-state index contributed by atoms with van der Waals surface area (Å²) in [6.45, 7) is 4.16. The summed E-state index contributed by atoms with van der Waals surface area (Å²) in [5, 5.41) is 0. The predicted octanol–water partition coefficient (Wildman–Crippen LogP) is 1.72. The highest BCUT2D eigenvalue weighted by Crippen LogP contribution is 2.27. The Labute approximate surface area is 146 Å². The molecule has 2 rings (SSSR count). The number of carbonyl (C=O) groups is 3. The molecule has 136 valence electrons. The first-order chi connectivity index (χ1) is 11.8. The van der Waals surface area contributed by atoms with Crippen LogP contribution in [0.1, 0.15) is 31.9 Å². The second-order valence-corrected chi connectivity index (χ2v) is 8.00. The molecule has 0 aliphatic carbocycles. The number of ether oxygens (including phenoxy) is 2. The summed E-state index contributed by atoms with van der Waals surface area (Å²) >= 11 is 0. The SMILES string of the molecule is CC(=O)O[Si](CCc1ccc2c(c1)COCO2)(OC(C)=O)OC(C)=O. The normalized spacial score (nSPS) is 13.2. The van der Waals surface area contributed by atoms with Gasteiger partial charge in [-0.25, -0.2) is 0 Å². The van der Waals surface area contributed by atoms with Gasteiger partial charge in [-0.3, -0.25) is 14.4 Å². The number of hydrogen-bond donors (Lipinski definition) is 0. The summed E-state index contributed by atoms with van der Waals surface area (Å²) < 4.78 is 26.1. The van der Waals surface area contributed by atoms with E-state index < -0.39 is 26.7 Å². The van der Waals surface area contributed by atoms with Crippen molar-refractivity contribution in [1.29, 1.82) is 0 Å². The Morgan fingerprint density at radius 2 is 1.64 bits per heavy atom. The molecule has 0 atom stereocenters. The molecular weight excluding hydrogens is 348 g/mol. The van der Waals surface area contributed by atoms with Crippen LogP contribution in [-0.4, -0.2) is 33.5 Å². The summed E-state index contributed by atoms with van der Waals surface area (Å²) in [7, 11) is -3.81. The molecule has 0 amide bonds. The van der Waals surface area contributed by atoms with Gasteiger partial charge in [-0.05, 0) is 24.1 Å². The molecule has 0 aromatic heterocycles. The van der Waals surface area contributed by atoms with E-state index in [0.717, 1.165) is 16.9 Å². The molecule has 1 aromatic rings. The largest absolute Gasteiger partial charge is 0.705 e.